The maximum atomic E-state index is 9.29. The predicted molar refractivity (Wildman–Crippen MR) is 66.8 cm³/mol. The number of rotatable bonds is 2. The molecule has 1 unspecified atom stereocenters. The molecule has 0 aliphatic carbocycles. The molecule has 5 heteroatoms. The van der Waals surface area contributed by atoms with Crippen molar-refractivity contribution in [1.82, 2.24) is 19.5 Å². The molecule has 88 valence electrons. The lowest BCUT2D eigenvalue weighted by atomic mass is 9.99. The number of benzene rings is 1. The molecular formula is C13H11N5. The molecule has 1 N–H and O–H groups in total. The van der Waals surface area contributed by atoms with Gasteiger partial charge in [0.1, 0.15) is 11.7 Å². The van der Waals surface area contributed by atoms with Crippen LogP contribution in [0.4, 0.5) is 0 Å². The van der Waals surface area contributed by atoms with Crippen molar-refractivity contribution < 1.29 is 0 Å². The summed E-state index contributed by atoms with van der Waals surface area (Å²) in [5.41, 5.74) is 2.84. The Morgan fingerprint density at radius 3 is 3.00 bits per heavy atom. The lowest BCUT2D eigenvalue weighted by molar-refractivity contribution is 0.927. The molecule has 2 aromatic heterocycles. The van der Waals surface area contributed by atoms with E-state index < -0.39 is 0 Å². The van der Waals surface area contributed by atoms with Crippen molar-refractivity contribution in [3.05, 3.63) is 48.3 Å². The van der Waals surface area contributed by atoms with Crippen LogP contribution in [0.5, 0.6) is 0 Å². The first-order chi connectivity index (χ1) is 8.79. The van der Waals surface area contributed by atoms with Gasteiger partial charge in [-0.25, -0.2) is 9.97 Å². The molecule has 0 aliphatic heterocycles. The Kier molecular flexibility index (Phi) is 2.34. The molecular weight excluding hydrogens is 226 g/mol. The largest absolute Gasteiger partial charge is 0.347 e. The number of aromatic nitrogens is 4. The van der Waals surface area contributed by atoms with E-state index in [-0.39, 0.29) is 5.92 Å². The van der Waals surface area contributed by atoms with Crippen LogP contribution < -0.4 is 0 Å². The molecule has 2 heterocycles. The van der Waals surface area contributed by atoms with E-state index >= 15 is 0 Å². The smallest absolute Gasteiger partial charge is 0.129 e. The maximum Gasteiger partial charge on any atom is 0.129 e. The molecule has 0 fully saturated rings. The minimum absolute atomic E-state index is 0.383. The van der Waals surface area contributed by atoms with Crippen LogP contribution in [0, 0.1) is 11.3 Å². The molecule has 0 radical (unpaired) electrons. The fourth-order valence-electron chi connectivity index (χ4n) is 2.06. The molecule has 0 saturated carbocycles. The molecule has 3 rings (SSSR count). The zero-order valence-electron chi connectivity index (χ0n) is 9.83. The van der Waals surface area contributed by atoms with E-state index in [9.17, 15) is 5.26 Å². The highest BCUT2D eigenvalue weighted by atomic mass is 15.0. The summed E-state index contributed by atoms with van der Waals surface area (Å²) in [4.78, 5) is 11.4. The van der Waals surface area contributed by atoms with Gasteiger partial charge in [0.2, 0.25) is 0 Å². The molecule has 1 aromatic carbocycles. The monoisotopic (exact) mass is 237 g/mol. The number of nitriles is 1. The second-order valence-corrected chi connectivity index (χ2v) is 4.14. The second-order valence-electron chi connectivity index (χ2n) is 4.14. The normalized spacial score (nSPS) is 12.4. The van der Waals surface area contributed by atoms with E-state index in [4.69, 9.17) is 0 Å². The van der Waals surface area contributed by atoms with Crippen LogP contribution in [0.3, 0.4) is 0 Å². The van der Waals surface area contributed by atoms with E-state index in [1.54, 1.807) is 18.7 Å². The molecule has 0 spiro atoms. The van der Waals surface area contributed by atoms with Crippen molar-refractivity contribution in [2.75, 3.05) is 0 Å². The standard InChI is InChI=1S/C13H11N5/c1-18-8-17-11-6-9(2-3-12(11)18)10(7-14)13-15-4-5-16-13/h2-6,8,10H,1H3,(H,15,16). The lowest BCUT2D eigenvalue weighted by Crippen LogP contribution is -2.00. The maximum absolute atomic E-state index is 9.29. The Hall–Kier alpha value is -2.61. The SMILES string of the molecule is Cn1cnc2cc(C(C#N)c3ncc[nH]3)ccc21. The van der Waals surface area contributed by atoms with Gasteiger partial charge in [-0.05, 0) is 17.7 Å². The molecule has 0 bridgehead atoms. The number of aryl methyl sites for hydroxylation is 1. The summed E-state index contributed by atoms with van der Waals surface area (Å²) in [5, 5.41) is 9.29. The van der Waals surface area contributed by atoms with Gasteiger partial charge in [0.25, 0.3) is 0 Å². The first kappa shape index (κ1) is 10.5. The van der Waals surface area contributed by atoms with Crippen LogP contribution in [0.1, 0.15) is 17.3 Å². The Morgan fingerprint density at radius 2 is 2.28 bits per heavy atom. The lowest BCUT2D eigenvalue weighted by Gasteiger charge is -2.06. The highest BCUT2D eigenvalue weighted by Gasteiger charge is 2.16. The Morgan fingerprint density at radius 1 is 1.39 bits per heavy atom. The van der Waals surface area contributed by atoms with Gasteiger partial charge in [-0.2, -0.15) is 5.26 Å². The summed E-state index contributed by atoms with van der Waals surface area (Å²) >= 11 is 0. The van der Waals surface area contributed by atoms with Gasteiger partial charge in [-0.1, -0.05) is 6.07 Å². The van der Waals surface area contributed by atoms with E-state index in [0.29, 0.717) is 5.82 Å². The van der Waals surface area contributed by atoms with Crippen LogP contribution >= 0.6 is 0 Å². The highest BCUT2D eigenvalue weighted by molar-refractivity contribution is 5.76. The molecule has 0 saturated heterocycles. The topological polar surface area (TPSA) is 70.3 Å². The van der Waals surface area contributed by atoms with Gasteiger partial charge in [-0.3, -0.25) is 0 Å². The molecule has 5 nitrogen and oxygen atoms in total. The van der Waals surface area contributed by atoms with Crippen molar-refractivity contribution in [2.45, 2.75) is 5.92 Å². The summed E-state index contributed by atoms with van der Waals surface area (Å²) in [5.74, 6) is 0.277. The van der Waals surface area contributed by atoms with Crippen molar-refractivity contribution in [3.63, 3.8) is 0 Å². The minimum atomic E-state index is -0.383. The minimum Gasteiger partial charge on any atom is -0.347 e. The van der Waals surface area contributed by atoms with Gasteiger partial charge >= 0.3 is 0 Å². The zero-order valence-corrected chi connectivity index (χ0v) is 9.83. The van der Waals surface area contributed by atoms with Crippen LogP contribution in [0.2, 0.25) is 0 Å². The first-order valence-corrected chi connectivity index (χ1v) is 5.59. The summed E-state index contributed by atoms with van der Waals surface area (Å²) in [7, 11) is 1.95. The van der Waals surface area contributed by atoms with Crippen molar-refractivity contribution in [2.24, 2.45) is 7.05 Å². The zero-order chi connectivity index (χ0) is 12.5. The Bertz CT molecular complexity index is 718. The summed E-state index contributed by atoms with van der Waals surface area (Å²) < 4.78 is 1.95. The number of aromatic amines is 1. The molecule has 0 aliphatic rings. The Balaban J connectivity index is 2.11. The fourth-order valence-corrected chi connectivity index (χ4v) is 2.06. The fraction of sp³-hybridized carbons (Fsp3) is 0.154. The first-order valence-electron chi connectivity index (χ1n) is 5.59. The van der Waals surface area contributed by atoms with E-state index in [0.717, 1.165) is 16.6 Å². The predicted octanol–water partition coefficient (Wildman–Crippen LogP) is 1.95. The van der Waals surface area contributed by atoms with Crippen LogP contribution in [-0.2, 0) is 7.05 Å². The van der Waals surface area contributed by atoms with Gasteiger partial charge in [0.05, 0.1) is 23.4 Å². The van der Waals surface area contributed by atoms with Crippen molar-refractivity contribution in [3.8, 4) is 6.07 Å². The van der Waals surface area contributed by atoms with Gasteiger partial charge < -0.3 is 9.55 Å². The Labute approximate surface area is 104 Å². The number of nitrogens with one attached hydrogen (secondary N) is 1. The molecule has 1 atom stereocenters. The van der Waals surface area contributed by atoms with Gasteiger partial charge in [0, 0.05) is 19.4 Å². The third-order valence-electron chi connectivity index (χ3n) is 3.00. The summed E-state index contributed by atoms with van der Waals surface area (Å²) in [6.07, 6.45) is 5.14. The average Bonchev–Trinajstić information content (AvgIpc) is 3.01. The van der Waals surface area contributed by atoms with Gasteiger partial charge in [-0.15, -0.1) is 0 Å². The van der Waals surface area contributed by atoms with Gasteiger partial charge in [0.15, 0.2) is 0 Å². The summed E-state index contributed by atoms with van der Waals surface area (Å²) in [6.45, 7) is 0. The molecule has 0 amide bonds. The second kappa shape index (κ2) is 4.00. The quantitative estimate of drug-likeness (QED) is 0.740. The van der Waals surface area contributed by atoms with E-state index in [1.807, 2.05) is 29.8 Å². The van der Waals surface area contributed by atoms with E-state index in [1.165, 1.54) is 0 Å². The van der Waals surface area contributed by atoms with Crippen molar-refractivity contribution in [1.29, 1.82) is 5.26 Å². The molecule has 18 heavy (non-hydrogen) atoms. The number of imidazole rings is 2. The van der Waals surface area contributed by atoms with Crippen LogP contribution in [0.25, 0.3) is 11.0 Å². The third-order valence-corrected chi connectivity index (χ3v) is 3.00. The number of H-pyrrole nitrogens is 1. The number of hydrogen-bond acceptors (Lipinski definition) is 3. The van der Waals surface area contributed by atoms with Crippen LogP contribution in [0.15, 0.2) is 36.9 Å². The van der Waals surface area contributed by atoms with Crippen molar-refractivity contribution >= 4 is 11.0 Å². The number of hydrogen-bond donors (Lipinski definition) is 1. The average molecular weight is 237 g/mol. The number of nitrogens with zero attached hydrogens (tertiary/aromatic N) is 4. The third kappa shape index (κ3) is 1.55. The number of fused-ring (bicyclic) bond motifs is 1. The highest BCUT2D eigenvalue weighted by Crippen LogP contribution is 2.24. The summed E-state index contributed by atoms with van der Waals surface area (Å²) in [6, 6.07) is 8.12. The molecule has 3 aromatic rings. The van der Waals surface area contributed by atoms with Crippen LogP contribution in [-0.4, -0.2) is 19.5 Å². The van der Waals surface area contributed by atoms with E-state index in [2.05, 4.69) is 21.0 Å².